The first-order valence-electron chi connectivity index (χ1n) is 5.66. The summed E-state index contributed by atoms with van der Waals surface area (Å²) in [5.41, 5.74) is -0.628. The molecule has 2 N–H and O–H groups in total. The number of aliphatic carboxylic acids is 1. The summed E-state index contributed by atoms with van der Waals surface area (Å²) < 4.78 is 38.7. The lowest BCUT2D eigenvalue weighted by Gasteiger charge is -2.30. The molecule has 2 unspecified atom stereocenters. The third kappa shape index (κ3) is 3.22. The van der Waals surface area contributed by atoms with Crippen LogP contribution in [0.1, 0.15) is 22.9 Å². The SMILES string of the molecule is O=C(O)C1CCSC(c2ccccc2C(F)(F)F)N1. The fourth-order valence-electron chi connectivity index (χ4n) is 1.98. The van der Waals surface area contributed by atoms with Crippen LogP contribution >= 0.6 is 11.8 Å². The predicted octanol–water partition coefficient (Wildman–Crippen LogP) is 2.88. The van der Waals surface area contributed by atoms with Crippen molar-refractivity contribution in [3.05, 3.63) is 35.4 Å². The summed E-state index contributed by atoms with van der Waals surface area (Å²) in [7, 11) is 0. The lowest BCUT2D eigenvalue weighted by Crippen LogP contribution is -2.42. The number of carboxylic acids is 1. The average Bonchev–Trinajstić information content (AvgIpc) is 2.38. The molecule has 19 heavy (non-hydrogen) atoms. The van der Waals surface area contributed by atoms with E-state index in [1.165, 1.54) is 30.0 Å². The maximum Gasteiger partial charge on any atom is 0.416 e. The van der Waals surface area contributed by atoms with Gasteiger partial charge in [0.05, 0.1) is 10.9 Å². The van der Waals surface area contributed by atoms with E-state index < -0.39 is 29.1 Å². The van der Waals surface area contributed by atoms with E-state index in [9.17, 15) is 18.0 Å². The molecule has 1 aromatic rings. The number of carbonyl (C=O) groups is 1. The number of hydrogen-bond donors (Lipinski definition) is 2. The lowest BCUT2D eigenvalue weighted by molar-refractivity contribution is -0.139. The Bertz CT molecular complexity index is 478. The van der Waals surface area contributed by atoms with Crippen LogP contribution in [-0.4, -0.2) is 22.9 Å². The smallest absolute Gasteiger partial charge is 0.416 e. The fourth-order valence-corrected chi connectivity index (χ4v) is 3.23. The van der Waals surface area contributed by atoms with E-state index in [1.54, 1.807) is 0 Å². The summed E-state index contributed by atoms with van der Waals surface area (Å²) in [6.45, 7) is 0. The van der Waals surface area contributed by atoms with Crippen LogP contribution in [0.4, 0.5) is 13.2 Å². The molecule has 0 spiro atoms. The monoisotopic (exact) mass is 291 g/mol. The highest BCUT2D eigenvalue weighted by Crippen LogP contribution is 2.39. The zero-order valence-electron chi connectivity index (χ0n) is 9.78. The van der Waals surface area contributed by atoms with Crippen LogP contribution in [0.2, 0.25) is 0 Å². The number of hydrogen-bond acceptors (Lipinski definition) is 3. The molecular weight excluding hydrogens is 279 g/mol. The molecule has 1 heterocycles. The van der Waals surface area contributed by atoms with Crippen LogP contribution in [0.15, 0.2) is 24.3 Å². The van der Waals surface area contributed by atoms with E-state index in [0.29, 0.717) is 12.2 Å². The highest BCUT2D eigenvalue weighted by atomic mass is 32.2. The summed E-state index contributed by atoms with van der Waals surface area (Å²) >= 11 is 1.29. The Morgan fingerprint density at radius 2 is 2.05 bits per heavy atom. The average molecular weight is 291 g/mol. The molecule has 0 radical (unpaired) electrons. The van der Waals surface area contributed by atoms with Gasteiger partial charge in [-0.3, -0.25) is 10.1 Å². The van der Waals surface area contributed by atoms with Crippen LogP contribution in [-0.2, 0) is 11.0 Å². The number of thioether (sulfide) groups is 1. The van der Waals surface area contributed by atoms with Gasteiger partial charge in [-0.05, 0) is 23.8 Å². The molecular formula is C12H12F3NO2S. The van der Waals surface area contributed by atoms with Gasteiger partial charge in [0, 0.05) is 0 Å². The number of benzene rings is 1. The van der Waals surface area contributed by atoms with Crippen molar-refractivity contribution in [1.29, 1.82) is 0 Å². The third-order valence-corrected chi connectivity index (χ3v) is 4.09. The van der Waals surface area contributed by atoms with Gasteiger partial charge in [-0.1, -0.05) is 18.2 Å². The number of rotatable bonds is 2. The van der Waals surface area contributed by atoms with Gasteiger partial charge in [-0.2, -0.15) is 13.2 Å². The lowest BCUT2D eigenvalue weighted by atomic mass is 10.1. The molecule has 0 bridgehead atoms. The van der Waals surface area contributed by atoms with Gasteiger partial charge in [-0.15, -0.1) is 11.8 Å². The molecule has 3 nitrogen and oxygen atoms in total. The molecule has 2 rings (SSSR count). The zero-order chi connectivity index (χ0) is 14.0. The Kier molecular flexibility index (Phi) is 4.05. The summed E-state index contributed by atoms with van der Waals surface area (Å²) in [5.74, 6) is -0.518. The first kappa shape index (κ1) is 14.2. The standard InChI is InChI=1S/C12H12F3NO2S/c13-12(14,15)8-4-2-1-3-7(8)10-16-9(11(17)18)5-6-19-10/h1-4,9-10,16H,5-6H2,(H,17,18). The second kappa shape index (κ2) is 5.42. The molecule has 1 aliphatic rings. The van der Waals surface area contributed by atoms with Crippen molar-refractivity contribution in [2.24, 2.45) is 0 Å². The van der Waals surface area contributed by atoms with Gasteiger partial charge in [0.15, 0.2) is 0 Å². The predicted molar refractivity (Wildman–Crippen MR) is 65.8 cm³/mol. The van der Waals surface area contributed by atoms with E-state index in [1.807, 2.05) is 0 Å². The number of carboxylic acid groups (broad SMARTS) is 1. The second-order valence-electron chi connectivity index (χ2n) is 4.18. The molecule has 1 saturated heterocycles. The van der Waals surface area contributed by atoms with E-state index in [2.05, 4.69) is 5.32 Å². The molecule has 1 aromatic carbocycles. The van der Waals surface area contributed by atoms with E-state index >= 15 is 0 Å². The van der Waals surface area contributed by atoms with Crippen molar-refractivity contribution >= 4 is 17.7 Å². The Morgan fingerprint density at radius 1 is 1.37 bits per heavy atom. The molecule has 2 atom stereocenters. The first-order valence-corrected chi connectivity index (χ1v) is 6.71. The quantitative estimate of drug-likeness (QED) is 0.879. The third-order valence-electron chi connectivity index (χ3n) is 2.89. The molecule has 7 heteroatoms. The van der Waals surface area contributed by atoms with Gasteiger partial charge in [0.25, 0.3) is 0 Å². The minimum atomic E-state index is -4.44. The highest BCUT2D eigenvalue weighted by Gasteiger charge is 2.37. The number of halogens is 3. The van der Waals surface area contributed by atoms with Gasteiger partial charge in [0.1, 0.15) is 6.04 Å². The minimum absolute atomic E-state index is 0.0888. The molecule has 104 valence electrons. The fraction of sp³-hybridized carbons (Fsp3) is 0.417. The Labute approximate surface area is 112 Å². The van der Waals surface area contributed by atoms with Crippen molar-refractivity contribution in [3.63, 3.8) is 0 Å². The highest BCUT2D eigenvalue weighted by molar-refractivity contribution is 7.99. The Balaban J connectivity index is 2.29. The summed E-state index contributed by atoms with van der Waals surface area (Å²) in [5, 5.41) is 11.0. The molecule has 0 aliphatic carbocycles. The molecule has 1 aliphatic heterocycles. The summed E-state index contributed by atoms with van der Waals surface area (Å²) in [6, 6.07) is 4.46. The van der Waals surface area contributed by atoms with E-state index in [-0.39, 0.29) is 5.56 Å². The van der Waals surface area contributed by atoms with Crippen molar-refractivity contribution in [3.8, 4) is 0 Å². The molecule has 0 aromatic heterocycles. The normalized spacial score (nSPS) is 24.2. The van der Waals surface area contributed by atoms with Crippen LogP contribution in [0, 0.1) is 0 Å². The largest absolute Gasteiger partial charge is 0.480 e. The van der Waals surface area contributed by atoms with Crippen LogP contribution < -0.4 is 5.32 Å². The summed E-state index contributed by atoms with van der Waals surface area (Å²) in [6.07, 6.45) is -4.03. The topological polar surface area (TPSA) is 49.3 Å². The number of alkyl halides is 3. The molecule has 0 amide bonds. The van der Waals surface area contributed by atoms with Crippen molar-refractivity contribution in [1.82, 2.24) is 5.32 Å². The van der Waals surface area contributed by atoms with Crippen LogP contribution in [0.25, 0.3) is 0 Å². The van der Waals surface area contributed by atoms with Gasteiger partial charge in [-0.25, -0.2) is 0 Å². The van der Waals surface area contributed by atoms with Crippen LogP contribution in [0.5, 0.6) is 0 Å². The maximum absolute atomic E-state index is 12.9. The Hall–Kier alpha value is -1.21. The maximum atomic E-state index is 12.9. The first-order chi connectivity index (χ1) is 8.89. The van der Waals surface area contributed by atoms with Gasteiger partial charge < -0.3 is 5.11 Å². The van der Waals surface area contributed by atoms with Crippen molar-refractivity contribution in [2.45, 2.75) is 24.0 Å². The van der Waals surface area contributed by atoms with E-state index in [0.717, 1.165) is 6.07 Å². The van der Waals surface area contributed by atoms with Crippen LogP contribution in [0.3, 0.4) is 0 Å². The van der Waals surface area contributed by atoms with Gasteiger partial charge in [0.2, 0.25) is 0 Å². The summed E-state index contributed by atoms with van der Waals surface area (Å²) in [4.78, 5) is 10.9. The molecule has 1 fully saturated rings. The minimum Gasteiger partial charge on any atom is -0.480 e. The van der Waals surface area contributed by atoms with Crippen molar-refractivity contribution in [2.75, 3.05) is 5.75 Å². The number of nitrogens with one attached hydrogen (secondary N) is 1. The van der Waals surface area contributed by atoms with E-state index in [4.69, 9.17) is 5.11 Å². The Morgan fingerprint density at radius 3 is 2.68 bits per heavy atom. The molecule has 0 saturated carbocycles. The second-order valence-corrected chi connectivity index (χ2v) is 5.39. The van der Waals surface area contributed by atoms with Gasteiger partial charge >= 0.3 is 12.1 Å². The van der Waals surface area contributed by atoms with Crippen molar-refractivity contribution < 1.29 is 23.1 Å². The zero-order valence-corrected chi connectivity index (χ0v) is 10.6.